The summed E-state index contributed by atoms with van der Waals surface area (Å²) >= 11 is 0. The Balaban J connectivity index is 2.49. The molecule has 0 aromatic heterocycles. The number of carbonyl (C=O) groups excluding carboxylic acids is 1. The van der Waals surface area contributed by atoms with E-state index in [1.54, 1.807) is 0 Å². The van der Waals surface area contributed by atoms with Crippen LogP contribution < -0.4 is 0 Å². The van der Waals surface area contributed by atoms with Gasteiger partial charge in [0, 0.05) is 12.6 Å². The summed E-state index contributed by atoms with van der Waals surface area (Å²) in [6, 6.07) is 1.47. The largest absolute Gasteiger partial charge is 0.479 e. The highest BCUT2D eigenvalue weighted by Crippen LogP contribution is 2.31. The van der Waals surface area contributed by atoms with Gasteiger partial charge in [0.15, 0.2) is 6.10 Å². The molecular weight excluding hydrogens is 260 g/mol. The van der Waals surface area contributed by atoms with Crippen molar-refractivity contribution in [1.29, 1.82) is 0 Å². The van der Waals surface area contributed by atoms with E-state index in [2.05, 4.69) is 0 Å². The number of hydrogen-bond acceptors (Lipinski definition) is 3. The Labute approximate surface area is 107 Å². The van der Waals surface area contributed by atoms with Crippen molar-refractivity contribution in [1.82, 2.24) is 4.90 Å². The number of carbonyl (C=O) groups is 2. The number of benzene rings is 1. The van der Waals surface area contributed by atoms with E-state index in [-0.39, 0.29) is 5.56 Å². The molecule has 1 aliphatic rings. The number of rotatable bonds is 2. The smallest absolute Gasteiger partial charge is 0.335 e. The summed E-state index contributed by atoms with van der Waals surface area (Å²) in [6.45, 7) is -0.402. The van der Waals surface area contributed by atoms with Gasteiger partial charge in [-0.1, -0.05) is 0 Å². The number of carboxylic acids is 1. The number of halogens is 2. The zero-order chi connectivity index (χ0) is 14.2. The number of likely N-dealkylation sites (N-methyl/N-ethyl adjacent to an activating group) is 1. The van der Waals surface area contributed by atoms with Crippen LogP contribution in [-0.2, 0) is 14.3 Å². The molecule has 19 heavy (non-hydrogen) atoms. The fraction of sp³-hybridized carbons (Fsp3) is 0.333. The van der Waals surface area contributed by atoms with E-state index in [9.17, 15) is 18.4 Å². The normalized spacial score (nSPS) is 23.5. The van der Waals surface area contributed by atoms with Gasteiger partial charge in [-0.15, -0.1) is 0 Å². The van der Waals surface area contributed by atoms with E-state index in [0.29, 0.717) is 0 Å². The molecule has 2 rings (SSSR count). The minimum absolute atomic E-state index is 0.219. The van der Waals surface area contributed by atoms with Gasteiger partial charge in [0.1, 0.15) is 18.2 Å². The first-order valence-electron chi connectivity index (χ1n) is 5.47. The first-order chi connectivity index (χ1) is 8.91. The third-order valence-electron chi connectivity index (χ3n) is 3.00. The van der Waals surface area contributed by atoms with E-state index < -0.39 is 42.3 Å². The molecule has 1 saturated heterocycles. The summed E-state index contributed by atoms with van der Waals surface area (Å²) in [5.41, 5.74) is -0.219. The van der Waals surface area contributed by atoms with Crippen molar-refractivity contribution < 1.29 is 28.2 Å². The lowest BCUT2D eigenvalue weighted by atomic mass is 9.97. The number of morpholine rings is 1. The fourth-order valence-electron chi connectivity index (χ4n) is 2.03. The van der Waals surface area contributed by atoms with Gasteiger partial charge in [-0.05, 0) is 18.2 Å². The van der Waals surface area contributed by atoms with Crippen molar-refractivity contribution in [2.45, 2.75) is 12.1 Å². The van der Waals surface area contributed by atoms with Crippen LogP contribution in [0.15, 0.2) is 18.2 Å². The lowest BCUT2D eigenvalue weighted by Crippen LogP contribution is -2.50. The monoisotopic (exact) mass is 271 g/mol. The standard InChI is InChI=1S/C12H11F2NO4/c1-15-9(16)5-19-11(12(17)18)10(15)7-4-6(13)2-3-8(7)14/h2-4,10-11H,5H2,1H3,(H,17,18). The van der Waals surface area contributed by atoms with Crippen molar-refractivity contribution in [2.75, 3.05) is 13.7 Å². The molecule has 0 bridgehead atoms. The van der Waals surface area contributed by atoms with Crippen LogP contribution in [0.4, 0.5) is 8.78 Å². The molecular formula is C12H11F2NO4. The third-order valence-corrected chi connectivity index (χ3v) is 3.00. The zero-order valence-corrected chi connectivity index (χ0v) is 9.97. The molecule has 0 saturated carbocycles. The minimum Gasteiger partial charge on any atom is -0.479 e. The summed E-state index contributed by atoms with van der Waals surface area (Å²) in [5.74, 6) is -3.34. The van der Waals surface area contributed by atoms with Crippen LogP contribution in [0.3, 0.4) is 0 Å². The second-order valence-electron chi connectivity index (χ2n) is 4.19. The number of carboxylic acid groups (broad SMARTS) is 1. The number of nitrogens with zero attached hydrogens (tertiary/aromatic N) is 1. The second kappa shape index (κ2) is 4.93. The first-order valence-corrected chi connectivity index (χ1v) is 5.47. The van der Waals surface area contributed by atoms with Gasteiger partial charge in [0.05, 0.1) is 6.04 Å². The number of hydrogen-bond donors (Lipinski definition) is 1. The van der Waals surface area contributed by atoms with Gasteiger partial charge in [-0.25, -0.2) is 13.6 Å². The highest BCUT2D eigenvalue weighted by molar-refractivity contribution is 5.82. The SMILES string of the molecule is CN1C(=O)COC(C(=O)O)C1c1cc(F)ccc1F. The van der Waals surface area contributed by atoms with Crippen molar-refractivity contribution >= 4 is 11.9 Å². The average molecular weight is 271 g/mol. The van der Waals surface area contributed by atoms with E-state index in [1.807, 2.05) is 0 Å². The van der Waals surface area contributed by atoms with Gasteiger partial charge in [-0.3, -0.25) is 4.79 Å². The van der Waals surface area contributed by atoms with Crippen LogP contribution in [0.25, 0.3) is 0 Å². The zero-order valence-electron chi connectivity index (χ0n) is 9.97. The molecule has 1 aromatic carbocycles. The minimum atomic E-state index is -1.43. The van der Waals surface area contributed by atoms with Gasteiger partial charge >= 0.3 is 5.97 Å². The highest BCUT2D eigenvalue weighted by atomic mass is 19.1. The van der Waals surface area contributed by atoms with E-state index in [0.717, 1.165) is 23.1 Å². The van der Waals surface area contributed by atoms with E-state index in [1.165, 1.54) is 7.05 Å². The van der Waals surface area contributed by atoms with Crippen molar-refractivity contribution in [2.24, 2.45) is 0 Å². The third kappa shape index (κ3) is 2.41. The summed E-state index contributed by atoms with van der Waals surface area (Å²) in [6.07, 6.45) is -1.43. The van der Waals surface area contributed by atoms with Crippen LogP contribution in [0, 0.1) is 11.6 Å². The Hall–Kier alpha value is -2.02. The predicted octanol–water partition coefficient (Wildman–Crippen LogP) is 0.948. The summed E-state index contributed by atoms with van der Waals surface area (Å²) in [5, 5.41) is 9.06. The lowest BCUT2D eigenvalue weighted by molar-refractivity contribution is -0.171. The molecule has 0 aliphatic carbocycles. The lowest BCUT2D eigenvalue weighted by Gasteiger charge is -2.37. The molecule has 2 unspecified atom stereocenters. The van der Waals surface area contributed by atoms with E-state index in [4.69, 9.17) is 9.84 Å². The van der Waals surface area contributed by atoms with Crippen LogP contribution in [-0.4, -0.2) is 41.6 Å². The molecule has 0 spiro atoms. The maximum Gasteiger partial charge on any atom is 0.335 e. The topological polar surface area (TPSA) is 66.8 Å². The predicted molar refractivity (Wildman–Crippen MR) is 59.2 cm³/mol. The molecule has 102 valence electrons. The maximum atomic E-state index is 13.7. The quantitative estimate of drug-likeness (QED) is 0.869. The molecule has 1 aromatic rings. The molecule has 2 atom stereocenters. The molecule has 1 N–H and O–H groups in total. The summed E-state index contributed by atoms with van der Waals surface area (Å²) in [4.78, 5) is 23.7. The Bertz CT molecular complexity index is 534. The second-order valence-corrected chi connectivity index (χ2v) is 4.19. The fourth-order valence-corrected chi connectivity index (χ4v) is 2.03. The summed E-state index contributed by atoms with van der Waals surface area (Å²) in [7, 11) is 1.33. The maximum absolute atomic E-state index is 13.7. The van der Waals surface area contributed by atoms with Gasteiger partial charge in [0.2, 0.25) is 5.91 Å². The molecule has 5 nitrogen and oxygen atoms in total. The van der Waals surface area contributed by atoms with Crippen molar-refractivity contribution in [3.63, 3.8) is 0 Å². The molecule has 7 heteroatoms. The number of amides is 1. The number of aliphatic carboxylic acids is 1. The molecule has 0 radical (unpaired) electrons. The molecule has 1 aliphatic heterocycles. The average Bonchev–Trinajstić information content (AvgIpc) is 2.35. The van der Waals surface area contributed by atoms with Crippen LogP contribution in [0.5, 0.6) is 0 Å². The molecule has 1 fully saturated rings. The highest BCUT2D eigenvalue weighted by Gasteiger charge is 2.41. The Morgan fingerprint density at radius 1 is 1.47 bits per heavy atom. The molecule has 1 heterocycles. The van der Waals surface area contributed by atoms with Gasteiger partial charge < -0.3 is 14.7 Å². The van der Waals surface area contributed by atoms with Gasteiger partial charge in [0.25, 0.3) is 0 Å². The number of ether oxygens (including phenoxy) is 1. The van der Waals surface area contributed by atoms with E-state index >= 15 is 0 Å². The van der Waals surface area contributed by atoms with Crippen LogP contribution in [0.1, 0.15) is 11.6 Å². The Morgan fingerprint density at radius 3 is 2.79 bits per heavy atom. The van der Waals surface area contributed by atoms with Crippen molar-refractivity contribution in [3.8, 4) is 0 Å². The Morgan fingerprint density at radius 2 is 2.16 bits per heavy atom. The van der Waals surface area contributed by atoms with Crippen molar-refractivity contribution in [3.05, 3.63) is 35.4 Å². The van der Waals surface area contributed by atoms with Crippen LogP contribution >= 0.6 is 0 Å². The first kappa shape index (κ1) is 13.4. The van der Waals surface area contributed by atoms with Crippen LogP contribution in [0.2, 0.25) is 0 Å². The Kier molecular flexibility index (Phi) is 3.48. The van der Waals surface area contributed by atoms with Gasteiger partial charge in [-0.2, -0.15) is 0 Å². The summed E-state index contributed by atoms with van der Waals surface area (Å²) < 4.78 is 31.8. The molecule has 1 amide bonds.